The van der Waals surface area contributed by atoms with E-state index in [4.69, 9.17) is 9.47 Å². The lowest BCUT2D eigenvalue weighted by Crippen LogP contribution is -2.22. The zero-order chi connectivity index (χ0) is 20.6. The van der Waals surface area contributed by atoms with Gasteiger partial charge in [-0.05, 0) is 29.8 Å². The van der Waals surface area contributed by atoms with Crippen molar-refractivity contribution in [1.82, 2.24) is 15.3 Å². The minimum atomic E-state index is -0.166. The van der Waals surface area contributed by atoms with E-state index in [0.29, 0.717) is 25.3 Å². The Kier molecular flexibility index (Phi) is 6.64. The van der Waals surface area contributed by atoms with Crippen LogP contribution in [0, 0.1) is 0 Å². The first-order valence-electron chi connectivity index (χ1n) is 9.99. The van der Waals surface area contributed by atoms with Gasteiger partial charge in [-0.15, -0.1) is 0 Å². The van der Waals surface area contributed by atoms with E-state index >= 15 is 0 Å². The molecule has 1 saturated heterocycles. The molecule has 0 spiro atoms. The van der Waals surface area contributed by atoms with Gasteiger partial charge in [0, 0.05) is 49.4 Å². The molecule has 30 heavy (non-hydrogen) atoms. The maximum atomic E-state index is 12.4. The summed E-state index contributed by atoms with van der Waals surface area (Å²) in [7, 11) is 0. The van der Waals surface area contributed by atoms with Crippen molar-refractivity contribution in [3.05, 3.63) is 78.2 Å². The summed E-state index contributed by atoms with van der Waals surface area (Å²) in [6.45, 7) is 2.48. The molecule has 2 aromatic heterocycles. The molecule has 3 aromatic rings. The first kappa shape index (κ1) is 20.0. The lowest BCUT2D eigenvalue weighted by molar-refractivity contribution is -0.0439. The molecule has 7 heteroatoms. The molecule has 0 bridgehead atoms. The van der Waals surface area contributed by atoms with E-state index in [-0.39, 0.29) is 12.2 Å². The van der Waals surface area contributed by atoms with E-state index in [0.717, 1.165) is 35.5 Å². The summed E-state index contributed by atoms with van der Waals surface area (Å²) < 4.78 is 10.9. The number of carbonyl (C=O) groups excluding carboxylic acids is 1. The van der Waals surface area contributed by atoms with Gasteiger partial charge in [0.2, 0.25) is 0 Å². The number of benzene rings is 1. The summed E-state index contributed by atoms with van der Waals surface area (Å²) in [5.41, 5.74) is 4.23. The molecule has 0 saturated carbocycles. The van der Waals surface area contributed by atoms with Crippen LogP contribution in [-0.2, 0) is 16.0 Å². The Balaban J connectivity index is 1.38. The number of para-hydroxylation sites is 1. The summed E-state index contributed by atoms with van der Waals surface area (Å²) >= 11 is 0. The van der Waals surface area contributed by atoms with Gasteiger partial charge in [0.15, 0.2) is 6.29 Å². The average Bonchev–Trinajstić information content (AvgIpc) is 3.32. The van der Waals surface area contributed by atoms with Gasteiger partial charge in [0.25, 0.3) is 5.91 Å². The Morgan fingerprint density at radius 3 is 2.67 bits per heavy atom. The molecule has 0 aliphatic carbocycles. The first-order valence-corrected chi connectivity index (χ1v) is 9.99. The van der Waals surface area contributed by atoms with Crippen LogP contribution in [0.15, 0.2) is 67.1 Å². The Morgan fingerprint density at radius 2 is 1.90 bits per heavy atom. The van der Waals surface area contributed by atoms with Gasteiger partial charge in [-0.1, -0.05) is 24.3 Å². The van der Waals surface area contributed by atoms with Crippen LogP contribution in [0.3, 0.4) is 0 Å². The molecule has 2 N–H and O–H groups in total. The van der Waals surface area contributed by atoms with Crippen LogP contribution in [0.1, 0.15) is 22.3 Å². The monoisotopic (exact) mass is 404 g/mol. The lowest BCUT2D eigenvalue weighted by Gasteiger charge is -2.14. The highest BCUT2D eigenvalue weighted by atomic mass is 16.7. The van der Waals surface area contributed by atoms with Gasteiger partial charge in [-0.3, -0.25) is 14.8 Å². The van der Waals surface area contributed by atoms with Crippen LogP contribution < -0.4 is 10.6 Å². The Hall–Kier alpha value is -3.29. The summed E-state index contributed by atoms with van der Waals surface area (Å²) in [5.74, 6) is -0.166. The molecule has 1 amide bonds. The van der Waals surface area contributed by atoms with Gasteiger partial charge in [0.1, 0.15) is 0 Å². The highest BCUT2D eigenvalue weighted by Gasteiger charge is 2.15. The van der Waals surface area contributed by atoms with Crippen LogP contribution in [0.2, 0.25) is 0 Å². The Bertz CT molecular complexity index is 958. The number of carbonyl (C=O) groups is 1. The number of aromatic nitrogens is 2. The summed E-state index contributed by atoms with van der Waals surface area (Å²) in [5, 5.41) is 6.31. The molecular formula is C23H24N4O3. The minimum absolute atomic E-state index is 0.132. The summed E-state index contributed by atoms with van der Waals surface area (Å²) in [4.78, 5) is 20.9. The lowest BCUT2D eigenvalue weighted by atomic mass is 10.1. The molecule has 7 nitrogen and oxygen atoms in total. The van der Waals surface area contributed by atoms with E-state index in [2.05, 4.69) is 20.6 Å². The summed E-state index contributed by atoms with van der Waals surface area (Å²) in [6.07, 6.45) is 5.68. The number of nitrogens with one attached hydrogen (secondary N) is 2. The average molecular weight is 404 g/mol. The number of hydrogen-bond acceptors (Lipinski definition) is 6. The third-order valence-electron chi connectivity index (χ3n) is 4.79. The number of anilines is 1. The van der Waals surface area contributed by atoms with Crippen molar-refractivity contribution in [2.24, 2.45) is 0 Å². The van der Waals surface area contributed by atoms with Crippen LogP contribution in [0.4, 0.5) is 5.69 Å². The van der Waals surface area contributed by atoms with Crippen molar-refractivity contribution >= 4 is 11.6 Å². The van der Waals surface area contributed by atoms with Crippen LogP contribution in [0.25, 0.3) is 11.3 Å². The third kappa shape index (κ3) is 5.20. The largest absolute Gasteiger partial charge is 0.384 e. The molecule has 0 radical (unpaired) electrons. The fourth-order valence-corrected chi connectivity index (χ4v) is 3.23. The standard InChI is InChI=1S/C23H24N4O3/c28-23(27-15-17-4-3-10-24-14-17)18-7-8-21(26-16-18)19-5-1-2-6-20(19)25-11-9-22-29-12-13-30-22/h1-8,10,14,16,22,25H,9,11-13,15H2,(H,27,28). The van der Waals surface area contributed by atoms with Crippen LogP contribution in [0.5, 0.6) is 0 Å². The predicted molar refractivity (Wildman–Crippen MR) is 114 cm³/mol. The molecule has 1 fully saturated rings. The van der Waals surface area contributed by atoms with Gasteiger partial charge < -0.3 is 20.1 Å². The van der Waals surface area contributed by atoms with E-state index in [1.54, 1.807) is 24.7 Å². The maximum Gasteiger partial charge on any atom is 0.253 e. The molecule has 3 heterocycles. The van der Waals surface area contributed by atoms with Gasteiger partial charge in [0.05, 0.1) is 24.5 Å². The minimum Gasteiger partial charge on any atom is -0.384 e. The van der Waals surface area contributed by atoms with Crippen molar-refractivity contribution in [2.45, 2.75) is 19.3 Å². The van der Waals surface area contributed by atoms with Crippen molar-refractivity contribution < 1.29 is 14.3 Å². The van der Waals surface area contributed by atoms with Crippen molar-refractivity contribution in [3.8, 4) is 11.3 Å². The second-order valence-electron chi connectivity index (χ2n) is 6.91. The van der Waals surface area contributed by atoms with E-state index in [1.165, 1.54) is 0 Å². The Morgan fingerprint density at radius 1 is 1.03 bits per heavy atom. The van der Waals surface area contributed by atoms with Gasteiger partial charge >= 0.3 is 0 Å². The zero-order valence-electron chi connectivity index (χ0n) is 16.6. The summed E-state index contributed by atoms with van der Waals surface area (Å²) in [6, 6.07) is 15.4. The number of nitrogens with zero attached hydrogens (tertiary/aromatic N) is 2. The zero-order valence-corrected chi connectivity index (χ0v) is 16.6. The quantitative estimate of drug-likeness (QED) is 0.600. The normalized spacial score (nSPS) is 13.9. The van der Waals surface area contributed by atoms with Crippen molar-refractivity contribution in [3.63, 3.8) is 0 Å². The van der Waals surface area contributed by atoms with Gasteiger partial charge in [-0.25, -0.2) is 0 Å². The second kappa shape index (κ2) is 9.96. The molecule has 1 aliphatic heterocycles. The van der Waals surface area contributed by atoms with Gasteiger partial charge in [-0.2, -0.15) is 0 Å². The number of pyridine rings is 2. The maximum absolute atomic E-state index is 12.4. The highest BCUT2D eigenvalue weighted by Crippen LogP contribution is 2.26. The number of ether oxygens (including phenoxy) is 2. The molecule has 0 atom stereocenters. The van der Waals surface area contributed by atoms with Crippen LogP contribution >= 0.6 is 0 Å². The van der Waals surface area contributed by atoms with E-state index in [1.807, 2.05) is 42.5 Å². The van der Waals surface area contributed by atoms with E-state index < -0.39 is 0 Å². The molecule has 4 rings (SSSR count). The van der Waals surface area contributed by atoms with Crippen molar-refractivity contribution in [1.29, 1.82) is 0 Å². The molecule has 0 unspecified atom stereocenters. The fourth-order valence-electron chi connectivity index (χ4n) is 3.23. The molecule has 1 aromatic carbocycles. The third-order valence-corrected chi connectivity index (χ3v) is 4.79. The second-order valence-corrected chi connectivity index (χ2v) is 6.91. The number of amides is 1. The molecule has 1 aliphatic rings. The predicted octanol–water partition coefficient (Wildman–Crippen LogP) is 3.25. The SMILES string of the molecule is O=C(NCc1cccnc1)c1ccc(-c2ccccc2NCCC2OCCO2)nc1. The highest BCUT2D eigenvalue weighted by molar-refractivity contribution is 5.94. The smallest absolute Gasteiger partial charge is 0.253 e. The van der Waals surface area contributed by atoms with Crippen LogP contribution in [-0.4, -0.2) is 41.9 Å². The Labute approximate surface area is 175 Å². The van der Waals surface area contributed by atoms with Crippen molar-refractivity contribution in [2.75, 3.05) is 25.1 Å². The number of rotatable bonds is 8. The van der Waals surface area contributed by atoms with E-state index in [9.17, 15) is 4.79 Å². The fraction of sp³-hybridized carbons (Fsp3) is 0.261. The topological polar surface area (TPSA) is 85.4 Å². The molecule has 154 valence electrons. The number of hydrogen-bond donors (Lipinski definition) is 2. The molecular weight excluding hydrogens is 380 g/mol. The first-order chi connectivity index (χ1) is 14.8.